The summed E-state index contributed by atoms with van der Waals surface area (Å²) in [6, 6.07) is 17.8. The summed E-state index contributed by atoms with van der Waals surface area (Å²) in [7, 11) is 0. The third-order valence-electron chi connectivity index (χ3n) is 4.74. The lowest BCUT2D eigenvalue weighted by Gasteiger charge is -2.13. The van der Waals surface area contributed by atoms with Crippen molar-refractivity contribution >= 4 is 35.8 Å². The molecule has 2 aromatic carbocycles. The number of aliphatic imine (C=N–C) groups is 1. The summed E-state index contributed by atoms with van der Waals surface area (Å²) in [4.78, 5) is 17.0. The van der Waals surface area contributed by atoms with E-state index in [9.17, 15) is 4.79 Å². The van der Waals surface area contributed by atoms with E-state index in [1.165, 1.54) is 5.56 Å². The van der Waals surface area contributed by atoms with E-state index in [1.54, 1.807) is 6.20 Å². The van der Waals surface area contributed by atoms with E-state index in [2.05, 4.69) is 33.2 Å². The van der Waals surface area contributed by atoms with Crippen molar-refractivity contribution in [3.8, 4) is 0 Å². The lowest BCUT2D eigenvalue weighted by molar-refractivity contribution is 0.0954. The molecule has 3 rings (SSSR count). The van der Waals surface area contributed by atoms with Gasteiger partial charge >= 0.3 is 0 Å². The molecular weight excluding hydrogens is 515 g/mol. The molecular formula is C24H31IN6O. The zero-order valence-electron chi connectivity index (χ0n) is 18.5. The Balaban J connectivity index is 0.00000363. The van der Waals surface area contributed by atoms with Crippen molar-refractivity contribution in [1.29, 1.82) is 0 Å². The van der Waals surface area contributed by atoms with Crippen LogP contribution in [0.2, 0.25) is 0 Å². The lowest BCUT2D eigenvalue weighted by Crippen LogP contribution is -2.41. The Labute approximate surface area is 206 Å². The highest BCUT2D eigenvalue weighted by Gasteiger charge is 2.06. The van der Waals surface area contributed by atoms with Gasteiger partial charge in [0, 0.05) is 37.6 Å². The first-order valence-corrected chi connectivity index (χ1v) is 10.6. The Kier molecular flexibility index (Phi) is 10.7. The quantitative estimate of drug-likeness (QED) is 0.167. The van der Waals surface area contributed by atoms with Crippen LogP contribution in [0.15, 0.2) is 72.0 Å². The molecule has 0 aliphatic heterocycles. The molecule has 1 aromatic heterocycles. The Morgan fingerprint density at radius 1 is 1.00 bits per heavy atom. The summed E-state index contributed by atoms with van der Waals surface area (Å²) in [5.41, 5.74) is 4.09. The molecule has 1 heterocycles. The minimum Gasteiger partial charge on any atom is -0.357 e. The van der Waals surface area contributed by atoms with Crippen LogP contribution in [0.5, 0.6) is 0 Å². The SMILES string of the molecule is CCNC(=NCc1ccccc1Cn1cccn1)NCCNC(=O)c1cccc(C)c1.I. The van der Waals surface area contributed by atoms with Crippen molar-refractivity contribution in [2.24, 2.45) is 4.99 Å². The number of guanidine groups is 1. The van der Waals surface area contributed by atoms with E-state index in [0.29, 0.717) is 31.7 Å². The van der Waals surface area contributed by atoms with Gasteiger partial charge in [0.1, 0.15) is 0 Å². The van der Waals surface area contributed by atoms with Crippen LogP contribution in [0.3, 0.4) is 0 Å². The van der Waals surface area contributed by atoms with Crippen LogP contribution in [0.4, 0.5) is 0 Å². The smallest absolute Gasteiger partial charge is 0.251 e. The van der Waals surface area contributed by atoms with Crippen molar-refractivity contribution in [2.75, 3.05) is 19.6 Å². The number of aryl methyl sites for hydroxylation is 1. The highest BCUT2D eigenvalue weighted by molar-refractivity contribution is 14.0. The summed E-state index contributed by atoms with van der Waals surface area (Å²) in [6.07, 6.45) is 3.74. The molecule has 0 fully saturated rings. The molecule has 32 heavy (non-hydrogen) atoms. The molecule has 0 spiro atoms. The highest BCUT2D eigenvalue weighted by atomic mass is 127. The molecule has 0 unspecified atom stereocenters. The van der Waals surface area contributed by atoms with Crippen LogP contribution < -0.4 is 16.0 Å². The van der Waals surface area contributed by atoms with Gasteiger partial charge in [0.15, 0.2) is 5.96 Å². The van der Waals surface area contributed by atoms with Crippen LogP contribution in [0.1, 0.15) is 34.0 Å². The van der Waals surface area contributed by atoms with E-state index in [1.807, 2.05) is 67.2 Å². The predicted molar refractivity (Wildman–Crippen MR) is 140 cm³/mol. The van der Waals surface area contributed by atoms with Gasteiger partial charge in [-0.2, -0.15) is 5.10 Å². The minimum absolute atomic E-state index is 0. The fourth-order valence-electron chi connectivity index (χ4n) is 3.19. The Morgan fingerprint density at radius 2 is 1.78 bits per heavy atom. The number of carbonyl (C=O) groups is 1. The van der Waals surface area contributed by atoms with Crippen LogP contribution in [0, 0.1) is 6.92 Å². The molecule has 0 saturated carbocycles. The third-order valence-corrected chi connectivity index (χ3v) is 4.74. The number of nitrogens with zero attached hydrogens (tertiary/aromatic N) is 3. The fraction of sp³-hybridized carbons (Fsp3) is 0.292. The molecule has 0 radical (unpaired) electrons. The van der Waals surface area contributed by atoms with Gasteiger partial charge in [-0.3, -0.25) is 9.48 Å². The molecule has 0 saturated heterocycles. The number of hydrogen-bond acceptors (Lipinski definition) is 3. The zero-order chi connectivity index (χ0) is 21.9. The van der Waals surface area contributed by atoms with Gasteiger partial charge in [0.2, 0.25) is 0 Å². The van der Waals surface area contributed by atoms with Gasteiger partial charge in [-0.05, 0) is 43.2 Å². The normalized spacial score (nSPS) is 10.9. The first-order chi connectivity index (χ1) is 15.2. The fourth-order valence-corrected chi connectivity index (χ4v) is 3.19. The van der Waals surface area contributed by atoms with Crippen molar-refractivity contribution in [3.63, 3.8) is 0 Å². The van der Waals surface area contributed by atoms with E-state index in [4.69, 9.17) is 4.99 Å². The lowest BCUT2D eigenvalue weighted by atomic mass is 10.1. The largest absolute Gasteiger partial charge is 0.357 e. The predicted octanol–water partition coefficient (Wildman–Crippen LogP) is 3.34. The summed E-state index contributed by atoms with van der Waals surface area (Å²) in [5.74, 6) is 0.654. The first-order valence-electron chi connectivity index (χ1n) is 10.6. The molecule has 0 aliphatic carbocycles. The summed E-state index contributed by atoms with van der Waals surface area (Å²) >= 11 is 0. The van der Waals surface area contributed by atoms with Gasteiger partial charge in [-0.15, -0.1) is 24.0 Å². The standard InChI is InChI=1S/C24H30N6O.HI/c1-3-25-24(27-14-13-26-23(31)20-11-6-8-19(2)16-20)28-17-21-9-4-5-10-22(21)18-30-15-7-12-29-30;/h4-12,15-16H,3,13-14,17-18H2,1-2H3,(H,26,31)(H2,25,27,28);1H. The maximum absolute atomic E-state index is 12.3. The van der Waals surface area contributed by atoms with E-state index in [0.717, 1.165) is 23.6 Å². The second-order valence-electron chi connectivity index (χ2n) is 7.22. The third kappa shape index (κ3) is 7.99. The van der Waals surface area contributed by atoms with E-state index in [-0.39, 0.29) is 29.9 Å². The Morgan fingerprint density at radius 3 is 2.50 bits per heavy atom. The van der Waals surface area contributed by atoms with Crippen molar-refractivity contribution in [1.82, 2.24) is 25.7 Å². The molecule has 1 amide bonds. The molecule has 170 valence electrons. The Hall–Kier alpha value is -2.88. The zero-order valence-corrected chi connectivity index (χ0v) is 20.9. The average Bonchev–Trinajstić information content (AvgIpc) is 3.29. The number of nitrogens with one attached hydrogen (secondary N) is 3. The molecule has 3 N–H and O–H groups in total. The van der Waals surface area contributed by atoms with Crippen molar-refractivity contribution in [2.45, 2.75) is 26.9 Å². The van der Waals surface area contributed by atoms with Gasteiger partial charge in [0.05, 0.1) is 13.1 Å². The number of amides is 1. The average molecular weight is 546 g/mol. The minimum atomic E-state index is -0.0695. The number of carbonyl (C=O) groups excluding carboxylic acids is 1. The molecule has 3 aromatic rings. The van der Waals surface area contributed by atoms with Crippen molar-refractivity contribution < 1.29 is 4.79 Å². The second kappa shape index (κ2) is 13.5. The Bertz CT molecular complexity index is 1000. The summed E-state index contributed by atoms with van der Waals surface area (Å²) < 4.78 is 1.91. The molecule has 0 bridgehead atoms. The number of rotatable bonds is 9. The summed E-state index contributed by atoms with van der Waals surface area (Å²) in [5, 5.41) is 13.8. The second-order valence-corrected chi connectivity index (χ2v) is 7.22. The van der Waals surface area contributed by atoms with Gasteiger partial charge in [0.25, 0.3) is 5.91 Å². The molecule has 0 atom stereocenters. The summed E-state index contributed by atoms with van der Waals surface area (Å²) in [6.45, 7) is 7.13. The monoisotopic (exact) mass is 546 g/mol. The molecule has 8 heteroatoms. The topological polar surface area (TPSA) is 83.3 Å². The maximum atomic E-state index is 12.3. The van der Waals surface area contributed by atoms with Gasteiger partial charge < -0.3 is 16.0 Å². The number of benzene rings is 2. The van der Waals surface area contributed by atoms with Crippen LogP contribution in [-0.4, -0.2) is 41.3 Å². The van der Waals surface area contributed by atoms with Crippen LogP contribution in [0.25, 0.3) is 0 Å². The van der Waals surface area contributed by atoms with E-state index >= 15 is 0 Å². The van der Waals surface area contributed by atoms with Gasteiger partial charge in [-0.25, -0.2) is 4.99 Å². The van der Waals surface area contributed by atoms with E-state index < -0.39 is 0 Å². The van der Waals surface area contributed by atoms with Crippen LogP contribution >= 0.6 is 24.0 Å². The van der Waals surface area contributed by atoms with Crippen molar-refractivity contribution in [3.05, 3.63) is 89.2 Å². The first kappa shape index (κ1) is 25.4. The van der Waals surface area contributed by atoms with Gasteiger partial charge in [-0.1, -0.05) is 42.0 Å². The number of hydrogen-bond donors (Lipinski definition) is 3. The van der Waals surface area contributed by atoms with Crippen LogP contribution in [-0.2, 0) is 13.1 Å². The number of aromatic nitrogens is 2. The highest BCUT2D eigenvalue weighted by Crippen LogP contribution is 2.11. The molecule has 0 aliphatic rings. The molecule has 7 nitrogen and oxygen atoms in total. The maximum Gasteiger partial charge on any atom is 0.251 e. The number of halogens is 1.